The molecule has 3 fully saturated rings. The number of benzene rings is 1. The number of hydrogen-bond donors (Lipinski definition) is 2. The lowest BCUT2D eigenvalue weighted by Crippen LogP contribution is -2.51. The molecule has 2 atom stereocenters. The third-order valence-corrected chi connectivity index (χ3v) is 6.80. The molecule has 0 radical (unpaired) electrons. The van der Waals surface area contributed by atoms with Gasteiger partial charge in [-0.2, -0.15) is 0 Å². The smallest absolute Gasteiger partial charge is 0.410 e. The number of ether oxygens (including phenoxy) is 1. The molecule has 3 N–H and O–H groups in total. The zero-order chi connectivity index (χ0) is 21.8. The van der Waals surface area contributed by atoms with Crippen LogP contribution >= 0.6 is 0 Å². The fourth-order valence-electron chi connectivity index (χ4n) is 4.89. The Morgan fingerprint density at radius 1 is 1.10 bits per heavy atom. The molecule has 0 aromatic heterocycles. The molecule has 8 heteroatoms. The fourth-order valence-corrected chi connectivity index (χ4v) is 4.89. The molecule has 2 heterocycles. The summed E-state index contributed by atoms with van der Waals surface area (Å²) in [5.41, 5.74) is 7.24. The molecule has 1 aliphatic carbocycles. The number of nitrogens with zero attached hydrogens (tertiary/aromatic N) is 2. The van der Waals surface area contributed by atoms with Crippen LogP contribution in [-0.2, 0) is 20.9 Å². The molecule has 1 saturated carbocycles. The van der Waals surface area contributed by atoms with Crippen molar-refractivity contribution in [2.45, 2.75) is 63.2 Å². The summed E-state index contributed by atoms with van der Waals surface area (Å²) in [5, 5.41) is 3.09. The second-order valence-corrected chi connectivity index (χ2v) is 8.88. The predicted molar refractivity (Wildman–Crippen MR) is 115 cm³/mol. The number of rotatable bonds is 6. The van der Waals surface area contributed by atoms with Crippen molar-refractivity contribution >= 4 is 17.9 Å². The van der Waals surface area contributed by atoms with Crippen molar-refractivity contribution in [1.82, 2.24) is 15.1 Å². The molecule has 3 aliphatic rings. The Hall–Kier alpha value is -2.61. The first-order valence-corrected chi connectivity index (χ1v) is 11.3. The molecular weight excluding hydrogens is 396 g/mol. The number of likely N-dealkylation sites (tertiary alicyclic amines) is 1. The van der Waals surface area contributed by atoms with Crippen LogP contribution in [0.1, 0.15) is 44.1 Å². The molecule has 0 spiro atoms. The quantitative estimate of drug-likeness (QED) is 0.717. The maximum absolute atomic E-state index is 12.9. The highest BCUT2D eigenvalue weighted by molar-refractivity contribution is 5.88. The summed E-state index contributed by atoms with van der Waals surface area (Å²) in [6.45, 7) is 2.05. The van der Waals surface area contributed by atoms with Crippen LogP contribution < -0.4 is 11.1 Å². The number of nitrogens with two attached hydrogens (primary N) is 1. The molecule has 8 nitrogen and oxygen atoms in total. The van der Waals surface area contributed by atoms with E-state index in [1.165, 1.54) is 4.90 Å². The van der Waals surface area contributed by atoms with E-state index in [1.54, 1.807) is 0 Å². The van der Waals surface area contributed by atoms with Gasteiger partial charge < -0.3 is 20.7 Å². The summed E-state index contributed by atoms with van der Waals surface area (Å²) in [6.07, 6.45) is 4.88. The third kappa shape index (κ3) is 5.01. The standard InChI is InChI=1S/C23H32N4O4/c24-20(22(29)26-12-4-5-13-26)17-8-10-18(11-9-17)25-21(28)19-15-31-23(30)27(19)14-16-6-2-1-3-7-16/h1-3,6-7,17-20H,4-5,8-15,24H2,(H,25,28)/t17?,18?,19-,20-/m0/s1. The van der Waals surface area contributed by atoms with Crippen molar-refractivity contribution in [3.05, 3.63) is 35.9 Å². The van der Waals surface area contributed by atoms with Crippen LogP contribution in [0.5, 0.6) is 0 Å². The van der Waals surface area contributed by atoms with Gasteiger partial charge in [0.15, 0.2) is 0 Å². The van der Waals surface area contributed by atoms with E-state index in [-0.39, 0.29) is 30.4 Å². The number of hydrogen-bond acceptors (Lipinski definition) is 5. The Balaban J connectivity index is 1.27. The second-order valence-electron chi connectivity index (χ2n) is 8.88. The highest BCUT2D eigenvalue weighted by Crippen LogP contribution is 2.28. The summed E-state index contributed by atoms with van der Waals surface area (Å²) in [6, 6.07) is 8.54. The second kappa shape index (κ2) is 9.68. The maximum Gasteiger partial charge on any atom is 0.410 e. The zero-order valence-corrected chi connectivity index (χ0v) is 17.9. The Kier molecular flexibility index (Phi) is 6.75. The van der Waals surface area contributed by atoms with Gasteiger partial charge >= 0.3 is 6.09 Å². The van der Waals surface area contributed by atoms with Crippen molar-refractivity contribution in [3.8, 4) is 0 Å². The maximum atomic E-state index is 12.9. The molecule has 2 aliphatic heterocycles. The lowest BCUT2D eigenvalue weighted by atomic mass is 9.81. The van der Waals surface area contributed by atoms with E-state index >= 15 is 0 Å². The minimum Gasteiger partial charge on any atom is -0.447 e. The monoisotopic (exact) mass is 428 g/mol. The van der Waals surface area contributed by atoms with E-state index in [1.807, 2.05) is 35.2 Å². The van der Waals surface area contributed by atoms with Gasteiger partial charge in [0.2, 0.25) is 11.8 Å². The lowest BCUT2D eigenvalue weighted by Gasteiger charge is -2.34. The highest BCUT2D eigenvalue weighted by Gasteiger charge is 2.39. The van der Waals surface area contributed by atoms with Gasteiger partial charge in [0.25, 0.3) is 0 Å². The molecule has 1 aromatic rings. The minimum atomic E-state index is -0.621. The van der Waals surface area contributed by atoms with E-state index in [2.05, 4.69) is 5.32 Å². The first kappa shape index (κ1) is 21.6. The molecule has 168 valence electrons. The van der Waals surface area contributed by atoms with E-state index < -0.39 is 18.2 Å². The Morgan fingerprint density at radius 3 is 2.45 bits per heavy atom. The number of nitrogens with one attached hydrogen (secondary N) is 1. The number of carbonyl (C=O) groups is 3. The molecular formula is C23H32N4O4. The first-order valence-electron chi connectivity index (χ1n) is 11.3. The van der Waals surface area contributed by atoms with Gasteiger partial charge in [-0.25, -0.2) is 4.79 Å². The number of cyclic esters (lactones) is 1. The molecule has 3 amide bonds. The molecule has 0 bridgehead atoms. The highest BCUT2D eigenvalue weighted by atomic mass is 16.6. The largest absolute Gasteiger partial charge is 0.447 e. The first-order chi connectivity index (χ1) is 15.0. The van der Waals surface area contributed by atoms with Gasteiger partial charge in [-0.05, 0) is 50.0 Å². The third-order valence-electron chi connectivity index (χ3n) is 6.80. The van der Waals surface area contributed by atoms with Gasteiger partial charge in [-0.15, -0.1) is 0 Å². The predicted octanol–water partition coefficient (Wildman–Crippen LogP) is 1.63. The fraction of sp³-hybridized carbons (Fsp3) is 0.609. The van der Waals surface area contributed by atoms with Gasteiger partial charge in [-0.3, -0.25) is 14.5 Å². The molecule has 31 heavy (non-hydrogen) atoms. The van der Waals surface area contributed by atoms with Crippen LogP contribution in [-0.4, -0.2) is 65.5 Å². The van der Waals surface area contributed by atoms with E-state index in [0.29, 0.717) is 6.54 Å². The van der Waals surface area contributed by atoms with Crippen LogP contribution in [0.3, 0.4) is 0 Å². The van der Waals surface area contributed by atoms with E-state index in [9.17, 15) is 14.4 Å². The summed E-state index contributed by atoms with van der Waals surface area (Å²) >= 11 is 0. The van der Waals surface area contributed by atoms with Gasteiger partial charge in [-0.1, -0.05) is 30.3 Å². The summed E-state index contributed by atoms with van der Waals surface area (Å²) in [5.74, 6) is 0.0538. The van der Waals surface area contributed by atoms with Crippen LogP contribution in [0.4, 0.5) is 4.79 Å². The van der Waals surface area contributed by atoms with Crippen molar-refractivity contribution in [2.75, 3.05) is 19.7 Å². The van der Waals surface area contributed by atoms with Crippen LogP contribution in [0.25, 0.3) is 0 Å². The van der Waals surface area contributed by atoms with Crippen LogP contribution in [0, 0.1) is 5.92 Å². The number of carbonyl (C=O) groups excluding carboxylic acids is 3. The van der Waals surface area contributed by atoms with E-state index in [0.717, 1.165) is 57.2 Å². The summed E-state index contributed by atoms with van der Waals surface area (Å²) < 4.78 is 5.15. The van der Waals surface area contributed by atoms with Crippen LogP contribution in [0.2, 0.25) is 0 Å². The van der Waals surface area contributed by atoms with Gasteiger partial charge in [0, 0.05) is 19.1 Å². The lowest BCUT2D eigenvalue weighted by molar-refractivity contribution is -0.133. The molecule has 2 saturated heterocycles. The van der Waals surface area contributed by atoms with Crippen molar-refractivity contribution in [3.63, 3.8) is 0 Å². The number of amides is 3. The van der Waals surface area contributed by atoms with Gasteiger partial charge in [0.05, 0.1) is 12.6 Å². The van der Waals surface area contributed by atoms with Crippen molar-refractivity contribution in [1.29, 1.82) is 0 Å². The zero-order valence-electron chi connectivity index (χ0n) is 17.9. The SMILES string of the molecule is N[C@H](C(=O)N1CCCC1)C1CCC(NC(=O)[C@@H]2COC(=O)N2Cc2ccccc2)CC1. The molecule has 4 rings (SSSR count). The Labute approximate surface area is 183 Å². The van der Waals surface area contributed by atoms with E-state index in [4.69, 9.17) is 10.5 Å². The Morgan fingerprint density at radius 2 is 1.77 bits per heavy atom. The Bertz CT molecular complexity index is 788. The average Bonchev–Trinajstić information content (AvgIpc) is 3.45. The molecule has 1 aromatic carbocycles. The van der Waals surface area contributed by atoms with Gasteiger partial charge in [0.1, 0.15) is 12.6 Å². The normalized spacial score (nSPS) is 27.1. The average molecular weight is 429 g/mol. The van der Waals surface area contributed by atoms with Crippen molar-refractivity contribution in [2.24, 2.45) is 11.7 Å². The summed E-state index contributed by atoms with van der Waals surface area (Å²) in [4.78, 5) is 41.0. The van der Waals surface area contributed by atoms with Crippen LogP contribution in [0.15, 0.2) is 30.3 Å². The minimum absolute atomic E-state index is 0.0344. The molecule has 0 unspecified atom stereocenters. The summed E-state index contributed by atoms with van der Waals surface area (Å²) in [7, 11) is 0. The topological polar surface area (TPSA) is 105 Å². The van der Waals surface area contributed by atoms with Crippen molar-refractivity contribution < 1.29 is 19.1 Å².